The van der Waals surface area contributed by atoms with Crippen molar-refractivity contribution in [2.75, 3.05) is 11.4 Å². The van der Waals surface area contributed by atoms with E-state index in [4.69, 9.17) is 0 Å². The van der Waals surface area contributed by atoms with Crippen LogP contribution in [0.4, 0.5) is 20.3 Å². The quantitative estimate of drug-likeness (QED) is 0.622. The maximum Gasteiger partial charge on any atom is 0.340 e. The molecule has 0 saturated carbocycles. The van der Waals surface area contributed by atoms with Crippen LogP contribution in [0.25, 0.3) is 0 Å². The number of benzene rings is 1. The fourth-order valence-corrected chi connectivity index (χ4v) is 2.54. The Kier molecular flexibility index (Phi) is 5.39. The number of rotatable bonds is 4. The van der Waals surface area contributed by atoms with Crippen LogP contribution in [0, 0.1) is 11.6 Å². The molecule has 2 rings (SSSR count). The first kappa shape index (κ1) is 17.4. The summed E-state index contributed by atoms with van der Waals surface area (Å²) in [7, 11) is 1.02. The Labute approximate surface area is 140 Å². The smallest absolute Gasteiger partial charge is 0.340 e. The largest absolute Gasteiger partial charge is 0.465 e. The summed E-state index contributed by atoms with van der Waals surface area (Å²) >= 11 is 0.426. The Morgan fingerprint density at radius 2 is 2.04 bits per heavy atom. The van der Waals surface area contributed by atoms with Crippen molar-refractivity contribution in [3.05, 3.63) is 52.1 Å². The summed E-state index contributed by atoms with van der Waals surface area (Å²) in [5.41, 5.74) is -1.17. The fourth-order valence-electron chi connectivity index (χ4n) is 1.73. The number of pyridine rings is 1. The van der Waals surface area contributed by atoms with E-state index >= 15 is 0 Å². The summed E-state index contributed by atoms with van der Waals surface area (Å²) in [4.78, 5) is 15.2. The maximum atomic E-state index is 14.2. The van der Waals surface area contributed by atoms with Gasteiger partial charge in [-0.15, -0.1) is 0 Å². The van der Waals surface area contributed by atoms with Gasteiger partial charge in [0.2, 0.25) is 0 Å². The molecule has 0 aliphatic rings. The second-order valence-electron chi connectivity index (χ2n) is 4.13. The second-order valence-corrected chi connectivity index (χ2v) is 5.88. The van der Waals surface area contributed by atoms with E-state index in [9.17, 15) is 22.3 Å². The van der Waals surface area contributed by atoms with Crippen molar-refractivity contribution in [1.29, 1.82) is 0 Å². The molecule has 1 N–H and O–H groups in total. The predicted octanol–water partition coefficient (Wildman–Crippen LogP) is 3.18. The molecule has 1 aromatic carbocycles. The minimum Gasteiger partial charge on any atom is -0.465 e. The molecule has 6 nitrogen and oxygen atoms in total. The van der Waals surface area contributed by atoms with Crippen LogP contribution in [-0.2, 0) is 16.0 Å². The lowest BCUT2D eigenvalue weighted by Crippen LogP contribution is -2.22. The Balaban J connectivity index is 2.56. The molecule has 0 aliphatic heterocycles. The normalized spacial score (nSPS) is 11.9. The van der Waals surface area contributed by atoms with Gasteiger partial charge in [0.15, 0.2) is 0 Å². The second kappa shape index (κ2) is 7.11. The first-order chi connectivity index (χ1) is 10.8. The molecule has 1 aromatic heterocycles. The maximum absolute atomic E-state index is 14.2. The van der Waals surface area contributed by atoms with Gasteiger partial charge in [0.25, 0.3) is 11.3 Å². The third kappa shape index (κ3) is 3.71. The molecule has 10 heteroatoms. The highest BCUT2D eigenvalue weighted by Crippen LogP contribution is 2.30. The molecule has 1 unspecified atom stereocenters. The van der Waals surface area contributed by atoms with Gasteiger partial charge >= 0.3 is 5.97 Å². The Morgan fingerprint density at radius 3 is 2.57 bits per heavy atom. The van der Waals surface area contributed by atoms with E-state index in [1.54, 1.807) is 0 Å². The minimum absolute atomic E-state index is 0.0850. The van der Waals surface area contributed by atoms with Crippen molar-refractivity contribution in [3.8, 4) is 0 Å². The number of carbonyl (C=O) groups is 1. The van der Waals surface area contributed by atoms with E-state index < -0.39 is 40.1 Å². The van der Waals surface area contributed by atoms with E-state index in [0.717, 1.165) is 7.11 Å². The number of carbonyl (C=O) groups excluding carboxylic acids is 1. The number of ether oxygens (including phenoxy) is 1. The highest BCUT2D eigenvalue weighted by Gasteiger charge is 2.24. The molecule has 0 radical (unpaired) electrons. The lowest BCUT2D eigenvalue weighted by atomic mass is 10.2. The molecular weight excluding hydrogens is 398 g/mol. The zero-order valence-electron chi connectivity index (χ0n) is 11.5. The number of halogens is 3. The molecule has 0 saturated heterocycles. The van der Waals surface area contributed by atoms with Gasteiger partial charge < -0.3 is 4.74 Å². The van der Waals surface area contributed by atoms with Crippen molar-refractivity contribution >= 4 is 44.7 Å². The van der Waals surface area contributed by atoms with Crippen LogP contribution in [0.15, 0.2) is 34.9 Å². The van der Waals surface area contributed by atoms with Crippen molar-refractivity contribution in [2.24, 2.45) is 0 Å². The van der Waals surface area contributed by atoms with Gasteiger partial charge in [0.1, 0.15) is 17.5 Å². The molecule has 1 heterocycles. The lowest BCUT2D eigenvalue weighted by Gasteiger charge is -2.20. The molecule has 1 atom stereocenters. The molecule has 0 spiro atoms. The van der Waals surface area contributed by atoms with Crippen LogP contribution in [-0.4, -0.2) is 26.8 Å². The number of anilines is 2. The predicted molar refractivity (Wildman–Crippen MR) is 82.5 cm³/mol. The van der Waals surface area contributed by atoms with E-state index in [1.807, 2.05) is 0 Å². The van der Waals surface area contributed by atoms with Crippen molar-refractivity contribution < 1.29 is 27.1 Å². The van der Waals surface area contributed by atoms with Crippen molar-refractivity contribution in [2.45, 2.75) is 0 Å². The van der Waals surface area contributed by atoms with Gasteiger partial charge in [-0.25, -0.2) is 27.1 Å². The van der Waals surface area contributed by atoms with Crippen molar-refractivity contribution in [3.63, 3.8) is 0 Å². The monoisotopic (exact) mass is 406 g/mol. The van der Waals surface area contributed by atoms with E-state index in [1.165, 1.54) is 18.3 Å². The molecule has 0 amide bonds. The van der Waals surface area contributed by atoms with Crippen LogP contribution in [0.3, 0.4) is 0 Å². The third-order valence-electron chi connectivity index (χ3n) is 2.74. The van der Waals surface area contributed by atoms with Gasteiger partial charge in [-0.3, -0.25) is 4.55 Å². The number of nitrogens with zero attached hydrogens (tertiary/aromatic N) is 2. The molecule has 0 bridgehead atoms. The average Bonchev–Trinajstić information content (AvgIpc) is 2.51. The minimum atomic E-state index is -2.72. The zero-order valence-corrected chi connectivity index (χ0v) is 13.9. The molecular formula is C13H9BrF2N2O4S. The first-order valence-corrected chi connectivity index (χ1v) is 7.80. The molecule has 122 valence electrons. The SMILES string of the molecule is COC(=O)c1cc(F)c(N(c2ccc(Br)cn2)S(=O)O)cc1F. The highest BCUT2D eigenvalue weighted by atomic mass is 79.9. The zero-order chi connectivity index (χ0) is 17.1. The summed E-state index contributed by atoms with van der Waals surface area (Å²) < 4.78 is 54.6. The van der Waals surface area contributed by atoms with Crippen LogP contribution < -0.4 is 4.31 Å². The van der Waals surface area contributed by atoms with E-state index in [2.05, 4.69) is 25.7 Å². The summed E-state index contributed by atoms with van der Waals surface area (Å²) in [6, 6.07) is 4.07. The van der Waals surface area contributed by atoms with E-state index in [0.29, 0.717) is 20.9 Å². The Hall–Kier alpha value is -1.91. The number of hydrogen-bond donors (Lipinski definition) is 1. The van der Waals surface area contributed by atoms with Crippen LogP contribution in [0.2, 0.25) is 0 Å². The number of hydrogen-bond acceptors (Lipinski definition) is 4. The number of aromatic nitrogens is 1. The van der Waals surface area contributed by atoms with Gasteiger partial charge in [-0.05, 0) is 34.1 Å². The molecule has 0 aliphatic carbocycles. The first-order valence-electron chi connectivity index (χ1n) is 5.95. The lowest BCUT2D eigenvalue weighted by molar-refractivity contribution is 0.0595. The summed E-state index contributed by atoms with van der Waals surface area (Å²) in [5, 5.41) is 0. The van der Waals surface area contributed by atoms with Crippen LogP contribution in [0.5, 0.6) is 0 Å². The molecule has 23 heavy (non-hydrogen) atoms. The van der Waals surface area contributed by atoms with Crippen molar-refractivity contribution in [1.82, 2.24) is 4.98 Å². The van der Waals surface area contributed by atoms with E-state index in [-0.39, 0.29) is 5.82 Å². The third-order valence-corrected chi connectivity index (χ3v) is 3.90. The van der Waals surface area contributed by atoms with Gasteiger partial charge in [0, 0.05) is 16.7 Å². The van der Waals surface area contributed by atoms with Crippen LogP contribution in [0.1, 0.15) is 10.4 Å². The molecule has 2 aromatic rings. The summed E-state index contributed by atoms with van der Waals surface area (Å²) in [6.45, 7) is 0. The van der Waals surface area contributed by atoms with Crippen LogP contribution >= 0.6 is 15.9 Å². The fraction of sp³-hybridized carbons (Fsp3) is 0.0769. The highest BCUT2D eigenvalue weighted by molar-refractivity contribution is 9.10. The standard InChI is InChI=1S/C13H9BrF2N2O4S/c1-22-13(19)8-4-10(16)11(5-9(8)15)18(23(20)21)12-3-2-7(14)6-17-12/h2-6H,1H3,(H,20,21). The summed E-state index contributed by atoms with van der Waals surface area (Å²) in [6.07, 6.45) is 1.33. The molecule has 0 fully saturated rings. The Bertz CT molecular complexity index is 773. The average molecular weight is 407 g/mol. The van der Waals surface area contributed by atoms with Gasteiger partial charge in [-0.1, -0.05) is 0 Å². The van der Waals surface area contributed by atoms with Gasteiger partial charge in [-0.2, -0.15) is 0 Å². The topological polar surface area (TPSA) is 79.7 Å². The van der Waals surface area contributed by atoms with Gasteiger partial charge in [0.05, 0.1) is 18.4 Å². The summed E-state index contributed by atoms with van der Waals surface area (Å²) in [5.74, 6) is -3.33. The number of methoxy groups -OCH3 is 1. The Morgan fingerprint density at radius 1 is 1.35 bits per heavy atom. The number of esters is 1.